The van der Waals surface area contributed by atoms with Crippen molar-refractivity contribution in [1.82, 2.24) is 10.3 Å². The molecule has 0 bridgehead atoms. The number of nitrogens with one attached hydrogen (secondary N) is 2. The van der Waals surface area contributed by atoms with Crippen LogP contribution in [0, 0.1) is 10.1 Å². The molecule has 21 heavy (non-hydrogen) atoms. The third-order valence-electron chi connectivity index (χ3n) is 2.74. The van der Waals surface area contributed by atoms with E-state index in [4.69, 9.17) is 4.74 Å². The molecule has 0 radical (unpaired) electrons. The molecule has 0 fully saturated rings. The van der Waals surface area contributed by atoms with E-state index in [1.54, 1.807) is 7.05 Å². The Morgan fingerprint density at radius 2 is 2.24 bits per heavy atom. The van der Waals surface area contributed by atoms with Crippen LogP contribution in [0.25, 0.3) is 0 Å². The summed E-state index contributed by atoms with van der Waals surface area (Å²) in [5, 5.41) is 16.1. The van der Waals surface area contributed by atoms with Crippen molar-refractivity contribution in [3.05, 3.63) is 27.9 Å². The summed E-state index contributed by atoms with van der Waals surface area (Å²) in [6.45, 7) is 3.48. The van der Waals surface area contributed by atoms with Crippen molar-refractivity contribution in [2.45, 2.75) is 19.8 Å². The Labute approximate surface area is 123 Å². The number of aromatic nitrogens is 1. The van der Waals surface area contributed by atoms with E-state index in [1.165, 1.54) is 6.07 Å². The van der Waals surface area contributed by atoms with Crippen LogP contribution in [0.3, 0.4) is 0 Å². The van der Waals surface area contributed by atoms with Crippen LogP contribution in [0.15, 0.2) is 12.3 Å². The number of nitrogens with zero attached hydrogens (tertiary/aromatic N) is 2. The molecule has 0 aliphatic rings. The van der Waals surface area contributed by atoms with Gasteiger partial charge in [-0.1, -0.05) is 13.3 Å². The number of carbonyl (C=O) groups is 1. The van der Waals surface area contributed by atoms with Gasteiger partial charge in [-0.15, -0.1) is 0 Å². The van der Waals surface area contributed by atoms with E-state index in [2.05, 4.69) is 22.5 Å². The lowest BCUT2D eigenvalue weighted by molar-refractivity contribution is -0.385. The van der Waals surface area contributed by atoms with Crippen molar-refractivity contribution in [3.8, 4) is 0 Å². The van der Waals surface area contributed by atoms with Gasteiger partial charge in [0, 0.05) is 26.3 Å². The van der Waals surface area contributed by atoms with Crippen molar-refractivity contribution in [3.63, 3.8) is 0 Å². The average Bonchev–Trinajstić information content (AvgIpc) is 2.49. The van der Waals surface area contributed by atoms with E-state index in [-0.39, 0.29) is 11.3 Å². The van der Waals surface area contributed by atoms with Crippen molar-refractivity contribution >= 4 is 17.4 Å². The van der Waals surface area contributed by atoms with Crippen LogP contribution < -0.4 is 10.6 Å². The Hall–Kier alpha value is -2.22. The first-order valence-corrected chi connectivity index (χ1v) is 6.78. The first-order valence-electron chi connectivity index (χ1n) is 6.78. The van der Waals surface area contributed by atoms with E-state index in [0.717, 1.165) is 19.0 Å². The zero-order valence-corrected chi connectivity index (χ0v) is 12.2. The molecule has 8 nitrogen and oxygen atoms in total. The summed E-state index contributed by atoms with van der Waals surface area (Å²) in [6.07, 6.45) is 3.14. The highest BCUT2D eigenvalue weighted by Gasteiger charge is 2.17. The molecular weight excluding hydrogens is 276 g/mol. The quantitative estimate of drug-likeness (QED) is 0.407. The van der Waals surface area contributed by atoms with Gasteiger partial charge in [-0.25, -0.2) is 4.98 Å². The van der Waals surface area contributed by atoms with Crippen LogP contribution in [-0.2, 0) is 4.74 Å². The van der Waals surface area contributed by atoms with Gasteiger partial charge in [0.25, 0.3) is 11.6 Å². The molecule has 1 heterocycles. The predicted octanol–water partition coefficient (Wildman–Crippen LogP) is 1.58. The Bertz CT molecular complexity index is 493. The highest BCUT2D eigenvalue weighted by molar-refractivity contribution is 5.99. The van der Waals surface area contributed by atoms with Gasteiger partial charge in [-0.2, -0.15) is 0 Å². The summed E-state index contributed by atoms with van der Waals surface area (Å²) in [7, 11) is 1.60. The van der Waals surface area contributed by atoms with Crippen LogP contribution in [0.1, 0.15) is 30.1 Å². The maximum absolute atomic E-state index is 12.0. The monoisotopic (exact) mass is 296 g/mol. The van der Waals surface area contributed by atoms with Crippen molar-refractivity contribution < 1.29 is 14.5 Å². The third-order valence-corrected chi connectivity index (χ3v) is 2.74. The molecule has 0 saturated heterocycles. The van der Waals surface area contributed by atoms with Crippen LogP contribution in [0.4, 0.5) is 11.5 Å². The number of nitro groups is 1. The maximum atomic E-state index is 12.0. The summed E-state index contributed by atoms with van der Waals surface area (Å²) >= 11 is 0. The number of amides is 1. The molecule has 8 heteroatoms. The number of hydrogen-bond acceptors (Lipinski definition) is 6. The molecule has 0 spiro atoms. The Balaban J connectivity index is 2.59. The number of rotatable bonds is 9. The molecule has 116 valence electrons. The molecule has 0 saturated carbocycles. The number of carbonyl (C=O) groups excluding carboxylic acids is 1. The van der Waals surface area contributed by atoms with Gasteiger partial charge in [0.15, 0.2) is 0 Å². The van der Waals surface area contributed by atoms with Crippen molar-refractivity contribution in [2.75, 3.05) is 32.1 Å². The normalized spacial score (nSPS) is 10.2. The summed E-state index contributed by atoms with van der Waals surface area (Å²) in [6, 6.07) is 1.20. The fourth-order valence-corrected chi connectivity index (χ4v) is 1.61. The van der Waals surface area contributed by atoms with Gasteiger partial charge < -0.3 is 15.4 Å². The fraction of sp³-hybridized carbons (Fsp3) is 0.538. The molecule has 0 aliphatic carbocycles. The minimum atomic E-state index is -0.586. The zero-order chi connectivity index (χ0) is 15.7. The van der Waals surface area contributed by atoms with Crippen LogP contribution >= 0.6 is 0 Å². The Kier molecular flexibility index (Phi) is 7.10. The summed E-state index contributed by atoms with van der Waals surface area (Å²) in [5.74, 6) is -0.125. The van der Waals surface area contributed by atoms with E-state index < -0.39 is 10.8 Å². The number of hydrogen-bond donors (Lipinski definition) is 2. The van der Waals surface area contributed by atoms with Crippen molar-refractivity contribution in [2.24, 2.45) is 0 Å². The molecule has 0 aliphatic heterocycles. The molecule has 1 aromatic rings. The number of pyridine rings is 1. The molecule has 0 unspecified atom stereocenters. The van der Waals surface area contributed by atoms with Crippen LogP contribution in [-0.4, -0.2) is 42.6 Å². The van der Waals surface area contributed by atoms with Gasteiger partial charge in [0.1, 0.15) is 12.0 Å². The second-order valence-electron chi connectivity index (χ2n) is 4.32. The minimum Gasteiger partial charge on any atom is -0.380 e. The molecule has 1 aromatic heterocycles. The summed E-state index contributed by atoms with van der Waals surface area (Å²) in [5.41, 5.74) is -0.0846. The van der Waals surface area contributed by atoms with E-state index in [1.807, 2.05) is 0 Å². The molecule has 2 N–H and O–H groups in total. The molecular formula is C13H20N4O4. The standard InChI is InChI=1S/C13H20N4O4/c1-3-4-6-21-7-5-15-13(18)11-8-10(17(19)20)9-16-12(11)14-2/h8-9H,3-7H2,1-2H3,(H,14,16)(H,15,18). The number of anilines is 1. The molecule has 1 amide bonds. The molecule has 1 rings (SSSR count). The Morgan fingerprint density at radius 1 is 1.48 bits per heavy atom. The van der Waals surface area contributed by atoms with E-state index in [9.17, 15) is 14.9 Å². The topological polar surface area (TPSA) is 106 Å². The lowest BCUT2D eigenvalue weighted by Crippen LogP contribution is -2.28. The van der Waals surface area contributed by atoms with Crippen molar-refractivity contribution in [1.29, 1.82) is 0 Å². The average molecular weight is 296 g/mol. The number of ether oxygens (including phenoxy) is 1. The zero-order valence-electron chi connectivity index (χ0n) is 12.2. The fourth-order valence-electron chi connectivity index (χ4n) is 1.61. The molecule has 0 aromatic carbocycles. The highest BCUT2D eigenvalue weighted by Crippen LogP contribution is 2.18. The summed E-state index contributed by atoms with van der Waals surface area (Å²) < 4.78 is 5.32. The van der Waals surface area contributed by atoms with Gasteiger partial charge in [0.05, 0.1) is 17.1 Å². The largest absolute Gasteiger partial charge is 0.380 e. The van der Waals surface area contributed by atoms with E-state index in [0.29, 0.717) is 25.6 Å². The Morgan fingerprint density at radius 3 is 2.86 bits per heavy atom. The summed E-state index contributed by atoms with van der Waals surface area (Å²) in [4.78, 5) is 26.0. The van der Waals surface area contributed by atoms with E-state index >= 15 is 0 Å². The highest BCUT2D eigenvalue weighted by atomic mass is 16.6. The second-order valence-corrected chi connectivity index (χ2v) is 4.32. The van der Waals surface area contributed by atoms with Gasteiger partial charge in [0.2, 0.25) is 0 Å². The maximum Gasteiger partial charge on any atom is 0.288 e. The first kappa shape index (κ1) is 16.8. The SMILES string of the molecule is CCCCOCCNC(=O)c1cc([N+](=O)[O-])cnc1NC. The first-order chi connectivity index (χ1) is 10.1. The van der Waals surface area contributed by atoms with Crippen LogP contribution in [0.5, 0.6) is 0 Å². The lowest BCUT2D eigenvalue weighted by Gasteiger charge is -2.09. The molecule has 0 atom stereocenters. The predicted molar refractivity (Wildman–Crippen MR) is 78.5 cm³/mol. The minimum absolute atomic E-state index is 0.139. The number of unbranched alkanes of at least 4 members (excludes halogenated alkanes) is 1. The third kappa shape index (κ3) is 5.35. The smallest absolute Gasteiger partial charge is 0.288 e. The van der Waals surface area contributed by atoms with Gasteiger partial charge >= 0.3 is 0 Å². The second kappa shape index (κ2) is 8.85. The van der Waals surface area contributed by atoms with Gasteiger partial charge in [-0.05, 0) is 6.42 Å². The van der Waals surface area contributed by atoms with Gasteiger partial charge in [-0.3, -0.25) is 14.9 Å². The van der Waals surface area contributed by atoms with Crippen LogP contribution in [0.2, 0.25) is 0 Å². The lowest BCUT2D eigenvalue weighted by atomic mass is 10.2.